The molecule has 3 N–H and O–H groups in total. The molecule has 0 radical (unpaired) electrons. The van der Waals surface area contributed by atoms with Crippen LogP contribution in [-0.2, 0) is 4.74 Å². The Balaban J connectivity index is 1.67. The van der Waals surface area contributed by atoms with Gasteiger partial charge in [0.2, 0.25) is 0 Å². The van der Waals surface area contributed by atoms with Crippen LogP contribution in [0.2, 0.25) is 0 Å². The molecule has 1 aromatic heterocycles. The summed E-state index contributed by atoms with van der Waals surface area (Å²) in [5.74, 6) is 0.220. The zero-order valence-corrected chi connectivity index (χ0v) is 16.5. The second-order valence-electron chi connectivity index (χ2n) is 7.07. The number of ether oxygens (including phenoxy) is 1. The number of aromatic nitrogens is 2. The van der Waals surface area contributed by atoms with E-state index in [0.717, 1.165) is 22.2 Å². The number of aliphatic hydroxyl groups excluding tert-OH is 1. The van der Waals surface area contributed by atoms with Gasteiger partial charge in [-0.2, -0.15) is 0 Å². The van der Waals surface area contributed by atoms with Gasteiger partial charge in [-0.1, -0.05) is 6.07 Å². The van der Waals surface area contributed by atoms with E-state index < -0.39 is 5.97 Å². The minimum absolute atomic E-state index is 0.0593. The Morgan fingerprint density at radius 3 is 2.79 bits per heavy atom. The third-order valence-electron chi connectivity index (χ3n) is 5.11. The van der Waals surface area contributed by atoms with Gasteiger partial charge >= 0.3 is 5.97 Å². The molecule has 4 rings (SSSR count). The first-order valence-corrected chi connectivity index (χ1v) is 9.42. The Hall–Kier alpha value is -3.61. The van der Waals surface area contributed by atoms with Crippen molar-refractivity contribution in [3.05, 3.63) is 64.7 Å². The predicted molar refractivity (Wildman–Crippen MR) is 113 cm³/mol. The first-order valence-electron chi connectivity index (χ1n) is 9.42. The van der Waals surface area contributed by atoms with Crippen molar-refractivity contribution in [2.75, 3.05) is 18.1 Å². The van der Waals surface area contributed by atoms with E-state index in [0.29, 0.717) is 29.3 Å². The fraction of sp³-hybridized carbons (Fsp3) is 0.227. The summed E-state index contributed by atoms with van der Waals surface area (Å²) in [5.41, 5.74) is 5.32. The number of carbonyl (C=O) groups excluding carboxylic acids is 1. The van der Waals surface area contributed by atoms with Crippen molar-refractivity contribution in [1.29, 1.82) is 5.41 Å². The van der Waals surface area contributed by atoms with E-state index in [1.54, 1.807) is 36.1 Å². The quantitative estimate of drug-likeness (QED) is 0.582. The van der Waals surface area contributed by atoms with Crippen LogP contribution >= 0.6 is 0 Å². The Labute approximate surface area is 168 Å². The van der Waals surface area contributed by atoms with Crippen molar-refractivity contribution in [3.8, 4) is 0 Å². The lowest BCUT2D eigenvalue weighted by Crippen LogP contribution is -2.26. The molecule has 1 aliphatic rings. The maximum atomic E-state index is 12.0. The average Bonchev–Trinajstić information content (AvgIpc) is 3.22. The van der Waals surface area contributed by atoms with Crippen LogP contribution in [0.25, 0.3) is 16.6 Å². The Morgan fingerprint density at radius 2 is 2.03 bits per heavy atom. The monoisotopic (exact) mass is 390 g/mol. The van der Waals surface area contributed by atoms with E-state index in [4.69, 9.17) is 10.1 Å². The van der Waals surface area contributed by atoms with Crippen LogP contribution in [0.1, 0.15) is 34.2 Å². The maximum Gasteiger partial charge on any atom is 0.338 e. The van der Waals surface area contributed by atoms with Crippen LogP contribution in [0.5, 0.6) is 0 Å². The number of imidazole rings is 1. The third-order valence-corrected chi connectivity index (χ3v) is 5.11. The molecule has 0 bridgehead atoms. The normalized spacial score (nSPS) is 14.2. The van der Waals surface area contributed by atoms with Crippen molar-refractivity contribution in [2.24, 2.45) is 0 Å². The molecule has 0 unspecified atom stereocenters. The number of aliphatic hydroxyl groups is 1. The van der Waals surface area contributed by atoms with Crippen molar-refractivity contribution in [1.82, 2.24) is 9.97 Å². The van der Waals surface area contributed by atoms with E-state index >= 15 is 0 Å². The van der Waals surface area contributed by atoms with Gasteiger partial charge in [-0.3, -0.25) is 5.41 Å². The van der Waals surface area contributed by atoms with Crippen molar-refractivity contribution >= 4 is 34.1 Å². The van der Waals surface area contributed by atoms with Crippen LogP contribution in [-0.4, -0.2) is 40.0 Å². The number of carbonyl (C=O) groups is 1. The molecular weight excluding hydrogens is 368 g/mol. The summed E-state index contributed by atoms with van der Waals surface area (Å²) in [6, 6.07) is 10.8. The number of fused-ring (bicyclic) bond motifs is 1. The molecule has 2 aromatic carbocycles. The lowest BCUT2D eigenvalue weighted by molar-refractivity contribution is 0.0526. The molecular formula is C22H22N4O3. The summed E-state index contributed by atoms with van der Waals surface area (Å²) < 4.78 is 5.05. The predicted octanol–water partition coefficient (Wildman–Crippen LogP) is 4.12. The highest BCUT2D eigenvalue weighted by atomic mass is 16.5. The topological polar surface area (TPSA) is 102 Å². The third kappa shape index (κ3) is 3.24. The molecule has 3 aromatic rings. The van der Waals surface area contributed by atoms with Crippen molar-refractivity contribution < 1.29 is 14.6 Å². The number of amidine groups is 1. The summed E-state index contributed by atoms with van der Waals surface area (Å²) in [4.78, 5) is 21.5. The van der Waals surface area contributed by atoms with Crippen LogP contribution in [0.4, 0.5) is 5.69 Å². The van der Waals surface area contributed by atoms with Gasteiger partial charge in [0.25, 0.3) is 0 Å². The summed E-state index contributed by atoms with van der Waals surface area (Å²) >= 11 is 0. The molecule has 2 heterocycles. The minimum Gasteiger partial charge on any atom is -0.509 e. The van der Waals surface area contributed by atoms with E-state index in [1.165, 1.54) is 0 Å². The summed E-state index contributed by atoms with van der Waals surface area (Å²) in [7, 11) is 0. The van der Waals surface area contributed by atoms with Crippen molar-refractivity contribution in [2.45, 2.75) is 20.8 Å². The zero-order chi connectivity index (χ0) is 20.7. The molecule has 0 spiro atoms. The van der Waals surface area contributed by atoms with Gasteiger partial charge in [-0.15, -0.1) is 0 Å². The standard InChI is InChI=1S/C22H22N4O3/c1-4-29-22(28)14-6-5-7-15(10-14)26-11-18(27)19(20(26)23)21-24-16-8-12(2)13(3)9-17(16)25-21/h5-10,23,27H,4,11H2,1-3H3,(H,24,25). The summed E-state index contributed by atoms with van der Waals surface area (Å²) in [6.45, 7) is 6.23. The molecule has 0 saturated carbocycles. The molecule has 29 heavy (non-hydrogen) atoms. The first-order chi connectivity index (χ1) is 13.9. The highest BCUT2D eigenvalue weighted by Crippen LogP contribution is 2.31. The molecule has 0 amide bonds. The maximum absolute atomic E-state index is 12.0. The summed E-state index contributed by atoms with van der Waals surface area (Å²) in [6.07, 6.45) is 0. The van der Waals surface area contributed by atoms with Crippen LogP contribution in [0, 0.1) is 19.3 Å². The van der Waals surface area contributed by atoms with E-state index in [-0.39, 0.29) is 18.1 Å². The van der Waals surface area contributed by atoms with Crippen LogP contribution in [0.3, 0.4) is 0 Å². The number of hydrogen-bond donors (Lipinski definition) is 3. The molecule has 0 saturated heterocycles. The number of esters is 1. The fourth-order valence-electron chi connectivity index (χ4n) is 3.45. The largest absolute Gasteiger partial charge is 0.509 e. The minimum atomic E-state index is -0.416. The number of H-pyrrole nitrogens is 1. The Kier molecular flexibility index (Phi) is 4.58. The van der Waals surface area contributed by atoms with Gasteiger partial charge in [-0.05, 0) is 62.2 Å². The second kappa shape index (κ2) is 7.09. The fourth-order valence-corrected chi connectivity index (χ4v) is 3.45. The number of benzene rings is 2. The first kappa shape index (κ1) is 18.7. The summed E-state index contributed by atoms with van der Waals surface area (Å²) in [5, 5.41) is 19.2. The highest BCUT2D eigenvalue weighted by molar-refractivity contribution is 6.30. The number of rotatable bonds is 4. The smallest absolute Gasteiger partial charge is 0.338 e. The molecule has 0 aliphatic carbocycles. The number of nitrogens with zero attached hydrogens (tertiary/aromatic N) is 2. The van der Waals surface area contributed by atoms with E-state index in [2.05, 4.69) is 9.97 Å². The lowest BCUT2D eigenvalue weighted by Gasteiger charge is -2.19. The van der Waals surface area contributed by atoms with Crippen LogP contribution < -0.4 is 4.90 Å². The van der Waals surface area contributed by atoms with Crippen LogP contribution in [0.15, 0.2) is 42.2 Å². The average molecular weight is 390 g/mol. The second-order valence-corrected chi connectivity index (χ2v) is 7.07. The molecule has 7 heteroatoms. The number of aryl methyl sites for hydroxylation is 2. The molecule has 0 atom stereocenters. The Morgan fingerprint density at radius 1 is 1.28 bits per heavy atom. The van der Waals surface area contributed by atoms with Gasteiger partial charge in [0.15, 0.2) is 0 Å². The molecule has 148 valence electrons. The molecule has 1 aliphatic heterocycles. The lowest BCUT2D eigenvalue weighted by atomic mass is 10.1. The SMILES string of the molecule is CCOC(=O)c1cccc(N2CC(O)=C(c3nc4cc(C)c(C)cc4[nH]3)C2=N)c1. The Bertz CT molecular complexity index is 1140. The van der Waals surface area contributed by atoms with Crippen molar-refractivity contribution in [3.63, 3.8) is 0 Å². The van der Waals surface area contributed by atoms with Gasteiger partial charge < -0.3 is 19.7 Å². The highest BCUT2D eigenvalue weighted by Gasteiger charge is 2.31. The van der Waals surface area contributed by atoms with E-state index in [1.807, 2.05) is 26.0 Å². The van der Waals surface area contributed by atoms with Gasteiger partial charge in [0, 0.05) is 5.69 Å². The number of anilines is 1. The number of hydrogen-bond acceptors (Lipinski definition) is 5. The van der Waals surface area contributed by atoms with Gasteiger partial charge in [0.1, 0.15) is 17.4 Å². The van der Waals surface area contributed by atoms with Gasteiger partial charge in [-0.25, -0.2) is 9.78 Å². The van der Waals surface area contributed by atoms with E-state index in [9.17, 15) is 9.90 Å². The molecule has 7 nitrogen and oxygen atoms in total. The number of nitrogens with one attached hydrogen (secondary N) is 2. The zero-order valence-electron chi connectivity index (χ0n) is 16.5. The molecule has 0 fully saturated rings. The number of aromatic amines is 1. The van der Waals surface area contributed by atoms with Gasteiger partial charge in [0.05, 0.1) is 35.3 Å².